The van der Waals surface area contributed by atoms with Crippen molar-refractivity contribution < 1.29 is 9.47 Å². The first kappa shape index (κ1) is 14.1. The highest BCUT2D eigenvalue weighted by Crippen LogP contribution is 2.32. The summed E-state index contributed by atoms with van der Waals surface area (Å²) in [5.41, 5.74) is 2.32. The number of hydrogen-bond acceptors (Lipinski definition) is 3. The van der Waals surface area contributed by atoms with Crippen molar-refractivity contribution in [1.82, 2.24) is 0 Å². The van der Waals surface area contributed by atoms with Gasteiger partial charge in [0.05, 0.1) is 0 Å². The molecule has 2 aromatic rings. The fourth-order valence-corrected chi connectivity index (χ4v) is 2.60. The maximum atomic E-state index is 5.99. The Kier molecular flexibility index (Phi) is 4.20. The van der Waals surface area contributed by atoms with E-state index in [9.17, 15) is 0 Å². The normalized spacial score (nSPS) is 14.0. The summed E-state index contributed by atoms with van der Waals surface area (Å²) in [6.45, 7) is 2.50. The zero-order valence-corrected chi connectivity index (χ0v) is 12.7. The van der Waals surface area contributed by atoms with Gasteiger partial charge in [0, 0.05) is 16.8 Å². The third kappa shape index (κ3) is 3.61. The molecular formula is C17H18ClNO2. The van der Waals surface area contributed by atoms with E-state index in [2.05, 4.69) is 24.4 Å². The molecule has 1 heterocycles. The minimum absolute atomic E-state index is 0.325. The molecule has 0 aliphatic carbocycles. The Balaban J connectivity index is 1.55. The lowest BCUT2D eigenvalue weighted by atomic mass is 10.1. The molecule has 0 spiro atoms. The average molecular weight is 304 g/mol. The Morgan fingerprint density at radius 2 is 2.00 bits per heavy atom. The van der Waals surface area contributed by atoms with Crippen LogP contribution < -0.4 is 14.8 Å². The molecule has 3 rings (SSSR count). The molecule has 2 aromatic carbocycles. The lowest BCUT2D eigenvalue weighted by Gasteiger charge is -2.15. The van der Waals surface area contributed by atoms with Crippen molar-refractivity contribution in [1.29, 1.82) is 0 Å². The smallest absolute Gasteiger partial charge is 0.231 e. The molecule has 1 aliphatic rings. The molecular weight excluding hydrogens is 286 g/mol. The Hall–Kier alpha value is -1.87. The van der Waals surface area contributed by atoms with E-state index in [4.69, 9.17) is 21.1 Å². The molecule has 0 aromatic heterocycles. The Bertz CT molecular complexity index is 630. The fraction of sp³-hybridized carbons (Fsp3) is 0.294. The second-order valence-electron chi connectivity index (χ2n) is 5.28. The first-order valence-electron chi connectivity index (χ1n) is 7.11. The van der Waals surface area contributed by atoms with Gasteiger partial charge in [-0.3, -0.25) is 0 Å². The van der Waals surface area contributed by atoms with E-state index in [1.807, 2.05) is 30.3 Å². The molecule has 21 heavy (non-hydrogen) atoms. The van der Waals surface area contributed by atoms with E-state index in [0.29, 0.717) is 12.8 Å². The monoisotopic (exact) mass is 303 g/mol. The van der Waals surface area contributed by atoms with Crippen LogP contribution in [0.3, 0.4) is 0 Å². The Labute approximate surface area is 129 Å². The number of aryl methyl sites for hydroxylation is 1. The van der Waals surface area contributed by atoms with Gasteiger partial charge in [-0.1, -0.05) is 23.7 Å². The number of benzene rings is 2. The van der Waals surface area contributed by atoms with E-state index >= 15 is 0 Å². The number of nitrogens with one attached hydrogen (secondary N) is 1. The molecule has 4 heteroatoms. The van der Waals surface area contributed by atoms with Gasteiger partial charge in [0.1, 0.15) is 0 Å². The van der Waals surface area contributed by atoms with E-state index in [0.717, 1.165) is 35.1 Å². The molecule has 1 unspecified atom stereocenters. The molecule has 110 valence electrons. The zero-order valence-electron chi connectivity index (χ0n) is 11.9. The van der Waals surface area contributed by atoms with Gasteiger partial charge in [0.2, 0.25) is 6.79 Å². The maximum Gasteiger partial charge on any atom is 0.231 e. The highest BCUT2D eigenvalue weighted by atomic mass is 35.5. The minimum atomic E-state index is 0.325. The SMILES string of the molecule is CC(CCc1ccc2c(c1)OCO2)Nc1cccc(Cl)c1. The van der Waals surface area contributed by atoms with Gasteiger partial charge in [-0.25, -0.2) is 0 Å². The van der Waals surface area contributed by atoms with Crippen LogP contribution >= 0.6 is 11.6 Å². The summed E-state index contributed by atoms with van der Waals surface area (Å²) in [5.74, 6) is 1.69. The maximum absolute atomic E-state index is 5.99. The van der Waals surface area contributed by atoms with Crippen molar-refractivity contribution in [2.24, 2.45) is 0 Å². The topological polar surface area (TPSA) is 30.5 Å². The van der Waals surface area contributed by atoms with Crippen molar-refractivity contribution in [2.45, 2.75) is 25.8 Å². The zero-order chi connectivity index (χ0) is 14.7. The summed E-state index contributed by atoms with van der Waals surface area (Å²) in [4.78, 5) is 0. The lowest BCUT2D eigenvalue weighted by Crippen LogP contribution is -2.15. The molecule has 0 fully saturated rings. The number of anilines is 1. The van der Waals surface area contributed by atoms with Crippen LogP contribution in [0.5, 0.6) is 11.5 Å². The van der Waals surface area contributed by atoms with Crippen molar-refractivity contribution in [3.05, 3.63) is 53.1 Å². The van der Waals surface area contributed by atoms with Crippen LogP contribution in [0.2, 0.25) is 5.02 Å². The molecule has 3 nitrogen and oxygen atoms in total. The standard InChI is InChI=1S/C17H18ClNO2/c1-12(19-15-4-2-3-14(18)10-15)5-6-13-7-8-16-17(9-13)21-11-20-16/h2-4,7-10,12,19H,5-6,11H2,1H3. The predicted molar refractivity (Wildman–Crippen MR) is 85.4 cm³/mol. The largest absolute Gasteiger partial charge is 0.454 e. The molecule has 1 N–H and O–H groups in total. The summed E-state index contributed by atoms with van der Waals surface area (Å²) < 4.78 is 10.7. The third-order valence-electron chi connectivity index (χ3n) is 3.54. The van der Waals surface area contributed by atoms with E-state index in [1.165, 1.54) is 5.56 Å². The molecule has 1 aliphatic heterocycles. The van der Waals surface area contributed by atoms with Crippen LogP contribution in [0.15, 0.2) is 42.5 Å². The van der Waals surface area contributed by atoms with Gasteiger partial charge in [0.25, 0.3) is 0 Å². The van der Waals surface area contributed by atoms with E-state index < -0.39 is 0 Å². The summed E-state index contributed by atoms with van der Waals surface area (Å²) in [7, 11) is 0. The molecule has 0 saturated heterocycles. The van der Waals surface area contributed by atoms with Crippen LogP contribution in [0, 0.1) is 0 Å². The molecule has 0 saturated carbocycles. The van der Waals surface area contributed by atoms with Gasteiger partial charge >= 0.3 is 0 Å². The quantitative estimate of drug-likeness (QED) is 0.882. The van der Waals surface area contributed by atoms with E-state index in [-0.39, 0.29) is 0 Å². The van der Waals surface area contributed by atoms with Crippen LogP contribution in [-0.2, 0) is 6.42 Å². The van der Waals surface area contributed by atoms with Gasteiger partial charge < -0.3 is 14.8 Å². The number of halogens is 1. The third-order valence-corrected chi connectivity index (χ3v) is 3.78. The molecule has 0 radical (unpaired) electrons. The predicted octanol–water partition coefficient (Wildman–Crippen LogP) is 4.50. The van der Waals surface area contributed by atoms with Crippen molar-refractivity contribution in [2.75, 3.05) is 12.1 Å². The minimum Gasteiger partial charge on any atom is -0.454 e. The second-order valence-corrected chi connectivity index (χ2v) is 5.72. The van der Waals surface area contributed by atoms with Crippen LogP contribution in [0.1, 0.15) is 18.9 Å². The highest BCUT2D eigenvalue weighted by Gasteiger charge is 2.13. The number of hydrogen-bond donors (Lipinski definition) is 1. The van der Waals surface area contributed by atoms with Crippen LogP contribution in [-0.4, -0.2) is 12.8 Å². The first-order valence-corrected chi connectivity index (χ1v) is 7.49. The number of fused-ring (bicyclic) bond motifs is 1. The summed E-state index contributed by atoms with van der Waals surface area (Å²) in [6.07, 6.45) is 2.03. The summed E-state index contributed by atoms with van der Waals surface area (Å²) in [6, 6.07) is 14.3. The lowest BCUT2D eigenvalue weighted by molar-refractivity contribution is 0.174. The van der Waals surface area contributed by atoms with Gasteiger partial charge in [-0.15, -0.1) is 0 Å². The number of rotatable bonds is 5. The van der Waals surface area contributed by atoms with Crippen LogP contribution in [0.4, 0.5) is 5.69 Å². The van der Waals surface area contributed by atoms with Crippen LogP contribution in [0.25, 0.3) is 0 Å². The second kappa shape index (κ2) is 6.27. The summed E-state index contributed by atoms with van der Waals surface area (Å²) >= 11 is 5.99. The summed E-state index contributed by atoms with van der Waals surface area (Å²) in [5, 5.41) is 4.22. The first-order chi connectivity index (χ1) is 10.2. The molecule has 0 bridgehead atoms. The van der Waals surface area contributed by atoms with Gasteiger partial charge in [-0.05, 0) is 55.7 Å². The van der Waals surface area contributed by atoms with Gasteiger partial charge in [-0.2, -0.15) is 0 Å². The van der Waals surface area contributed by atoms with Crippen molar-refractivity contribution >= 4 is 17.3 Å². The highest BCUT2D eigenvalue weighted by molar-refractivity contribution is 6.30. The fourth-order valence-electron chi connectivity index (χ4n) is 2.41. The van der Waals surface area contributed by atoms with Crippen molar-refractivity contribution in [3.8, 4) is 11.5 Å². The van der Waals surface area contributed by atoms with Crippen molar-refractivity contribution in [3.63, 3.8) is 0 Å². The Morgan fingerprint density at radius 3 is 2.86 bits per heavy atom. The Morgan fingerprint density at radius 1 is 1.14 bits per heavy atom. The van der Waals surface area contributed by atoms with E-state index in [1.54, 1.807) is 0 Å². The number of ether oxygens (including phenoxy) is 2. The molecule has 1 atom stereocenters. The molecule has 0 amide bonds. The average Bonchev–Trinajstić information content (AvgIpc) is 2.92. The van der Waals surface area contributed by atoms with Gasteiger partial charge in [0.15, 0.2) is 11.5 Å².